The average molecular weight is 461 g/mol. The van der Waals surface area contributed by atoms with E-state index in [1.807, 2.05) is 0 Å². The SMILES string of the molecule is O=C1CC2(CO1)CC1CC2C(C2C(S)C3CC2C2C4CC(C32)C2(CCOC2=O)C4)C1S. The normalized spacial score (nSPS) is 64.8. The molecule has 31 heavy (non-hydrogen) atoms. The van der Waals surface area contributed by atoms with Crippen molar-refractivity contribution < 1.29 is 19.1 Å². The molecule has 14 unspecified atom stereocenters. The van der Waals surface area contributed by atoms with E-state index in [0.29, 0.717) is 77.5 Å². The van der Waals surface area contributed by atoms with Gasteiger partial charge in [-0.15, -0.1) is 0 Å². The number of hydrogen-bond acceptors (Lipinski definition) is 6. The zero-order valence-corrected chi connectivity index (χ0v) is 19.6. The van der Waals surface area contributed by atoms with E-state index < -0.39 is 0 Å². The van der Waals surface area contributed by atoms with Crippen LogP contribution in [0.25, 0.3) is 0 Å². The van der Waals surface area contributed by atoms with E-state index in [2.05, 4.69) is 0 Å². The van der Waals surface area contributed by atoms with Gasteiger partial charge in [-0.25, -0.2) is 0 Å². The lowest BCUT2D eigenvalue weighted by atomic mass is 9.55. The van der Waals surface area contributed by atoms with Crippen molar-refractivity contribution in [1.82, 2.24) is 0 Å². The molecule has 2 saturated heterocycles. The summed E-state index contributed by atoms with van der Waals surface area (Å²) in [6.07, 6.45) is 7.59. The first-order valence-corrected chi connectivity index (χ1v) is 13.7. The third-order valence-electron chi connectivity index (χ3n) is 12.2. The Kier molecular flexibility index (Phi) is 3.57. The molecule has 0 N–H and O–H groups in total. The van der Waals surface area contributed by atoms with Crippen LogP contribution in [-0.4, -0.2) is 35.7 Å². The van der Waals surface area contributed by atoms with Crippen LogP contribution in [-0.2, 0) is 19.1 Å². The lowest BCUT2D eigenvalue weighted by Crippen LogP contribution is -2.51. The highest BCUT2D eigenvalue weighted by molar-refractivity contribution is 7.81. The molecule has 6 bridgehead atoms. The van der Waals surface area contributed by atoms with Gasteiger partial charge in [-0.3, -0.25) is 9.59 Å². The Hall–Kier alpha value is -0.360. The number of carbonyl (C=O) groups excluding carboxylic acids is 2. The summed E-state index contributed by atoms with van der Waals surface area (Å²) in [6, 6.07) is 0. The Labute approximate surface area is 194 Å². The van der Waals surface area contributed by atoms with Crippen molar-refractivity contribution in [3.63, 3.8) is 0 Å². The van der Waals surface area contributed by atoms with E-state index in [1.165, 1.54) is 19.3 Å². The molecule has 0 aromatic rings. The maximum atomic E-state index is 12.7. The van der Waals surface area contributed by atoms with Crippen molar-refractivity contribution in [2.45, 2.75) is 55.4 Å². The first kappa shape index (κ1) is 19.0. The quantitative estimate of drug-likeness (QED) is 0.356. The fourth-order valence-electron chi connectivity index (χ4n) is 11.6. The number of thiol groups is 2. The van der Waals surface area contributed by atoms with E-state index in [-0.39, 0.29) is 22.8 Å². The summed E-state index contributed by atoms with van der Waals surface area (Å²) in [5.41, 5.74) is -0.0594. The monoisotopic (exact) mass is 460 g/mol. The number of fused-ring (bicyclic) bond motifs is 13. The largest absolute Gasteiger partial charge is 0.465 e. The van der Waals surface area contributed by atoms with Gasteiger partial charge in [0, 0.05) is 15.9 Å². The molecular weight excluding hydrogens is 428 g/mol. The molecule has 168 valence electrons. The fraction of sp³-hybridized carbons (Fsp3) is 0.920. The summed E-state index contributed by atoms with van der Waals surface area (Å²) in [7, 11) is 0. The van der Waals surface area contributed by atoms with Crippen LogP contribution in [0.1, 0.15) is 44.9 Å². The van der Waals surface area contributed by atoms with E-state index in [0.717, 1.165) is 31.1 Å². The van der Waals surface area contributed by atoms with Gasteiger partial charge in [-0.1, -0.05) is 0 Å². The molecule has 2 aliphatic heterocycles. The molecule has 14 atom stereocenters. The first-order chi connectivity index (χ1) is 14.9. The summed E-state index contributed by atoms with van der Waals surface area (Å²) < 4.78 is 11.0. The summed E-state index contributed by atoms with van der Waals surface area (Å²) >= 11 is 10.5. The van der Waals surface area contributed by atoms with Crippen LogP contribution in [0.2, 0.25) is 0 Å². The van der Waals surface area contributed by atoms with Crippen LogP contribution in [0.5, 0.6) is 0 Å². The molecular formula is C25H32O4S2. The van der Waals surface area contributed by atoms with E-state index in [4.69, 9.17) is 34.7 Å². The van der Waals surface area contributed by atoms with Crippen molar-refractivity contribution in [3.8, 4) is 0 Å². The van der Waals surface area contributed by atoms with Gasteiger partial charge < -0.3 is 9.47 Å². The highest BCUT2D eigenvalue weighted by Crippen LogP contribution is 2.77. The summed E-state index contributed by atoms with van der Waals surface area (Å²) in [5, 5.41) is 0.882. The Bertz CT molecular complexity index is 893. The molecule has 4 nitrogen and oxygen atoms in total. The minimum atomic E-state index is -0.149. The maximum Gasteiger partial charge on any atom is 0.312 e. The van der Waals surface area contributed by atoms with Crippen LogP contribution in [0.15, 0.2) is 0 Å². The van der Waals surface area contributed by atoms with E-state index in [1.54, 1.807) is 0 Å². The summed E-state index contributed by atoms with van der Waals surface area (Å²) in [4.78, 5) is 24.8. The second-order valence-electron chi connectivity index (χ2n) is 12.7. The van der Waals surface area contributed by atoms with E-state index in [9.17, 15) is 9.59 Å². The molecule has 8 rings (SSSR count). The molecule has 0 amide bonds. The second kappa shape index (κ2) is 5.82. The van der Waals surface area contributed by atoms with Crippen molar-refractivity contribution in [3.05, 3.63) is 0 Å². The molecule has 2 spiro atoms. The Morgan fingerprint density at radius 2 is 1.65 bits per heavy atom. The van der Waals surface area contributed by atoms with Gasteiger partial charge in [0.2, 0.25) is 0 Å². The minimum absolute atomic E-state index is 0.0132. The molecule has 6 heteroatoms. The second-order valence-corrected chi connectivity index (χ2v) is 13.9. The lowest BCUT2D eigenvalue weighted by Gasteiger charge is -2.51. The molecule has 6 saturated carbocycles. The Morgan fingerprint density at radius 3 is 2.35 bits per heavy atom. The molecule has 8 aliphatic rings. The molecule has 2 heterocycles. The van der Waals surface area contributed by atoms with Gasteiger partial charge >= 0.3 is 11.9 Å². The lowest BCUT2D eigenvalue weighted by molar-refractivity contribution is -0.151. The highest BCUT2D eigenvalue weighted by atomic mass is 32.1. The predicted molar refractivity (Wildman–Crippen MR) is 120 cm³/mol. The van der Waals surface area contributed by atoms with Gasteiger partial charge in [0.15, 0.2) is 0 Å². The smallest absolute Gasteiger partial charge is 0.312 e. The van der Waals surface area contributed by atoms with Crippen molar-refractivity contribution in [2.75, 3.05) is 13.2 Å². The molecule has 0 aromatic carbocycles. The molecule has 0 radical (unpaired) electrons. The van der Waals surface area contributed by atoms with Crippen LogP contribution < -0.4 is 0 Å². The number of esters is 2. The first-order valence-electron chi connectivity index (χ1n) is 12.6. The van der Waals surface area contributed by atoms with Gasteiger partial charge in [0.1, 0.15) is 0 Å². The van der Waals surface area contributed by atoms with Crippen LogP contribution in [0.3, 0.4) is 0 Å². The third-order valence-corrected chi connectivity index (χ3v) is 13.7. The fourth-order valence-corrected chi connectivity index (χ4v) is 13.0. The Balaban J connectivity index is 1.13. The zero-order valence-electron chi connectivity index (χ0n) is 17.8. The number of rotatable bonds is 1. The predicted octanol–water partition coefficient (Wildman–Crippen LogP) is 3.64. The maximum absolute atomic E-state index is 12.7. The van der Waals surface area contributed by atoms with Gasteiger partial charge in [-0.2, -0.15) is 25.3 Å². The van der Waals surface area contributed by atoms with Crippen molar-refractivity contribution >= 4 is 37.2 Å². The summed E-state index contributed by atoms with van der Waals surface area (Å²) in [6.45, 7) is 1.28. The van der Waals surface area contributed by atoms with Gasteiger partial charge in [-0.05, 0) is 97.7 Å². The third kappa shape index (κ3) is 2.03. The minimum Gasteiger partial charge on any atom is -0.465 e. The molecule has 8 fully saturated rings. The number of hydrogen-bond donors (Lipinski definition) is 2. The van der Waals surface area contributed by atoms with Crippen LogP contribution in [0, 0.1) is 70.0 Å². The Morgan fingerprint density at radius 1 is 0.806 bits per heavy atom. The van der Waals surface area contributed by atoms with Crippen LogP contribution in [0.4, 0.5) is 0 Å². The van der Waals surface area contributed by atoms with Crippen molar-refractivity contribution in [1.29, 1.82) is 0 Å². The standard InChI is InChI=1S/C25H32O4S2/c26-16-8-24(9-29-16)6-11-4-14(24)20(21(11)30)19-12-5-13(22(19)31)18-15-3-10(17(12)18)7-25(15)1-2-28-23(25)27/h10-15,17-22,30-31H,1-9H2. The zero-order chi connectivity index (χ0) is 20.9. The van der Waals surface area contributed by atoms with E-state index >= 15 is 0 Å². The number of cyclic esters (lactones) is 2. The average Bonchev–Trinajstić information content (AvgIpc) is 3.55. The van der Waals surface area contributed by atoms with Gasteiger partial charge in [0.25, 0.3) is 0 Å². The van der Waals surface area contributed by atoms with Gasteiger partial charge in [0.05, 0.1) is 25.0 Å². The number of ether oxygens (including phenoxy) is 2. The topological polar surface area (TPSA) is 52.6 Å². The highest BCUT2D eigenvalue weighted by Gasteiger charge is 2.75. The summed E-state index contributed by atoms with van der Waals surface area (Å²) in [5.74, 6) is 6.70. The molecule has 6 aliphatic carbocycles. The van der Waals surface area contributed by atoms with Crippen molar-refractivity contribution in [2.24, 2.45) is 70.0 Å². The number of carbonyl (C=O) groups is 2. The molecule has 0 aromatic heterocycles. The van der Waals surface area contributed by atoms with Crippen LogP contribution >= 0.6 is 25.3 Å².